The van der Waals surface area contributed by atoms with Gasteiger partial charge in [-0.05, 0) is 61.7 Å². The summed E-state index contributed by atoms with van der Waals surface area (Å²) in [4.78, 5) is 12.2. The van der Waals surface area contributed by atoms with Gasteiger partial charge in [0.1, 0.15) is 18.1 Å². The molecule has 0 aliphatic carbocycles. The van der Waals surface area contributed by atoms with E-state index in [1.54, 1.807) is 24.3 Å². The fourth-order valence-corrected chi connectivity index (χ4v) is 2.47. The number of hydrogen-bond acceptors (Lipinski definition) is 3. The normalized spacial score (nSPS) is 11.7. The second-order valence-electron chi connectivity index (χ2n) is 5.86. The van der Waals surface area contributed by atoms with E-state index in [-0.39, 0.29) is 5.91 Å². The molecule has 0 bridgehead atoms. The second-order valence-corrected chi connectivity index (χ2v) is 6.29. The Hall–Kier alpha value is -2.20. The molecule has 4 nitrogen and oxygen atoms in total. The van der Waals surface area contributed by atoms with Crippen molar-refractivity contribution < 1.29 is 14.3 Å². The number of benzene rings is 2. The number of carbonyl (C=O) groups excluding carboxylic acids is 1. The third-order valence-corrected chi connectivity index (χ3v) is 4.12. The predicted molar refractivity (Wildman–Crippen MR) is 101 cm³/mol. The number of ether oxygens (including phenoxy) is 2. The van der Waals surface area contributed by atoms with Gasteiger partial charge >= 0.3 is 0 Å². The zero-order chi connectivity index (χ0) is 18.2. The Bertz CT molecular complexity index is 718. The van der Waals surface area contributed by atoms with Crippen LogP contribution in [-0.2, 0) is 4.79 Å². The predicted octanol–water partition coefficient (Wildman–Crippen LogP) is 4.31. The van der Waals surface area contributed by atoms with Gasteiger partial charge in [0.15, 0.2) is 6.10 Å². The largest absolute Gasteiger partial charge is 0.492 e. The number of halogens is 1. The molecule has 1 N–H and O–H groups in total. The van der Waals surface area contributed by atoms with Gasteiger partial charge in [0.25, 0.3) is 5.91 Å². The molecule has 1 atom stereocenters. The average molecular weight is 362 g/mol. The highest BCUT2D eigenvalue weighted by molar-refractivity contribution is 6.30. The lowest BCUT2D eigenvalue weighted by Crippen LogP contribution is -2.39. The van der Waals surface area contributed by atoms with Crippen molar-refractivity contribution in [3.63, 3.8) is 0 Å². The number of hydrogen-bond donors (Lipinski definition) is 1. The van der Waals surface area contributed by atoms with Crippen LogP contribution in [-0.4, -0.2) is 25.2 Å². The highest BCUT2D eigenvalue weighted by Crippen LogP contribution is 2.19. The maximum atomic E-state index is 12.2. The molecule has 0 heterocycles. The van der Waals surface area contributed by atoms with Crippen molar-refractivity contribution >= 4 is 17.5 Å². The van der Waals surface area contributed by atoms with E-state index in [0.29, 0.717) is 30.3 Å². The Morgan fingerprint density at radius 3 is 2.60 bits per heavy atom. The molecule has 0 fully saturated rings. The third kappa shape index (κ3) is 5.98. The van der Waals surface area contributed by atoms with E-state index < -0.39 is 6.10 Å². The van der Waals surface area contributed by atoms with Gasteiger partial charge in [0, 0.05) is 5.02 Å². The van der Waals surface area contributed by atoms with Crippen molar-refractivity contribution in [2.24, 2.45) is 0 Å². The minimum atomic E-state index is -0.555. The van der Waals surface area contributed by atoms with Crippen LogP contribution < -0.4 is 14.8 Å². The molecule has 0 spiro atoms. The monoisotopic (exact) mass is 361 g/mol. The van der Waals surface area contributed by atoms with Crippen LogP contribution in [0.25, 0.3) is 0 Å². The molecule has 0 saturated heterocycles. The maximum Gasteiger partial charge on any atom is 0.261 e. The lowest BCUT2D eigenvalue weighted by Gasteiger charge is -2.17. The maximum absolute atomic E-state index is 12.2. The zero-order valence-corrected chi connectivity index (χ0v) is 15.6. The van der Waals surface area contributed by atoms with Crippen LogP contribution in [0.1, 0.15) is 24.5 Å². The number of amides is 1. The first-order valence-corrected chi connectivity index (χ1v) is 8.77. The van der Waals surface area contributed by atoms with E-state index in [1.165, 1.54) is 11.1 Å². The Balaban J connectivity index is 1.78. The highest BCUT2D eigenvalue weighted by Gasteiger charge is 2.18. The molecule has 5 heteroatoms. The molecule has 2 aromatic carbocycles. The number of carbonyl (C=O) groups is 1. The van der Waals surface area contributed by atoms with Gasteiger partial charge in [-0.1, -0.05) is 30.7 Å². The van der Waals surface area contributed by atoms with E-state index >= 15 is 0 Å². The summed E-state index contributed by atoms with van der Waals surface area (Å²) in [6.45, 7) is 6.83. The van der Waals surface area contributed by atoms with Crippen molar-refractivity contribution in [1.29, 1.82) is 0 Å². The molecule has 2 aromatic rings. The third-order valence-electron chi connectivity index (χ3n) is 3.89. The summed E-state index contributed by atoms with van der Waals surface area (Å²) >= 11 is 5.94. The molecular weight excluding hydrogens is 338 g/mol. The molecule has 0 saturated carbocycles. The zero-order valence-electron chi connectivity index (χ0n) is 14.8. The van der Waals surface area contributed by atoms with Crippen LogP contribution >= 0.6 is 11.6 Å². The lowest BCUT2D eigenvalue weighted by molar-refractivity contribution is -0.128. The van der Waals surface area contributed by atoms with Gasteiger partial charge in [0.2, 0.25) is 0 Å². The summed E-state index contributed by atoms with van der Waals surface area (Å²) in [5.41, 5.74) is 2.41. The highest BCUT2D eigenvalue weighted by atomic mass is 35.5. The van der Waals surface area contributed by atoms with Gasteiger partial charge in [-0.3, -0.25) is 4.79 Å². The Kier molecular flexibility index (Phi) is 7.14. The molecule has 2 rings (SSSR count). The molecule has 1 amide bonds. The van der Waals surface area contributed by atoms with Gasteiger partial charge in [0.05, 0.1) is 6.54 Å². The van der Waals surface area contributed by atoms with E-state index in [2.05, 4.69) is 12.2 Å². The summed E-state index contributed by atoms with van der Waals surface area (Å²) in [6.07, 6.45) is 0.0104. The van der Waals surface area contributed by atoms with E-state index in [1.807, 2.05) is 32.0 Å². The summed E-state index contributed by atoms with van der Waals surface area (Å²) in [5, 5.41) is 3.42. The molecular formula is C20H24ClNO3. The first-order valence-electron chi connectivity index (χ1n) is 8.39. The van der Waals surface area contributed by atoms with Gasteiger partial charge in [-0.2, -0.15) is 0 Å². The number of aryl methyl sites for hydroxylation is 2. The number of rotatable bonds is 8. The van der Waals surface area contributed by atoms with Crippen molar-refractivity contribution in [2.45, 2.75) is 33.3 Å². The topological polar surface area (TPSA) is 47.6 Å². The van der Waals surface area contributed by atoms with E-state index in [9.17, 15) is 4.79 Å². The van der Waals surface area contributed by atoms with Crippen LogP contribution in [0.3, 0.4) is 0 Å². The smallest absolute Gasteiger partial charge is 0.261 e. The van der Waals surface area contributed by atoms with Crippen molar-refractivity contribution in [3.8, 4) is 11.5 Å². The Morgan fingerprint density at radius 2 is 1.92 bits per heavy atom. The molecule has 0 aliphatic rings. The van der Waals surface area contributed by atoms with Crippen LogP contribution in [0, 0.1) is 13.8 Å². The van der Waals surface area contributed by atoms with Crippen molar-refractivity contribution in [3.05, 3.63) is 58.6 Å². The van der Waals surface area contributed by atoms with Crippen LogP contribution in [0.4, 0.5) is 0 Å². The van der Waals surface area contributed by atoms with E-state index in [0.717, 1.165) is 5.75 Å². The Morgan fingerprint density at radius 1 is 1.12 bits per heavy atom. The summed E-state index contributed by atoms with van der Waals surface area (Å²) in [6, 6.07) is 13.0. The fraction of sp³-hybridized carbons (Fsp3) is 0.350. The molecule has 0 radical (unpaired) electrons. The van der Waals surface area contributed by atoms with Gasteiger partial charge in [-0.15, -0.1) is 0 Å². The van der Waals surface area contributed by atoms with Crippen LogP contribution in [0.15, 0.2) is 42.5 Å². The standard InChI is InChI=1S/C20H24ClNO3/c1-4-19(25-18-7-5-6-16(21)13-18)20(23)22-10-11-24-17-9-8-14(2)15(3)12-17/h5-9,12-13,19H,4,10-11H2,1-3H3,(H,22,23)/t19-/m1/s1. The quantitative estimate of drug-likeness (QED) is 0.713. The first kappa shape index (κ1) is 19.1. The lowest BCUT2D eigenvalue weighted by atomic mass is 10.1. The van der Waals surface area contributed by atoms with Crippen LogP contribution in [0.2, 0.25) is 5.02 Å². The number of nitrogens with one attached hydrogen (secondary N) is 1. The van der Waals surface area contributed by atoms with Crippen molar-refractivity contribution in [2.75, 3.05) is 13.2 Å². The first-order chi connectivity index (χ1) is 12.0. The SMILES string of the molecule is CC[C@@H](Oc1cccc(Cl)c1)C(=O)NCCOc1ccc(C)c(C)c1. The van der Waals surface area contributed by atoms with Gasteiger partial charge < -0.3 is 14.8 Å². The minimum absolute atomic E-state index is 0.161. The fourth-order valence-electron chi connectivity index (χ4n) is 2.29. The molecule has 0 unspecified atom stereocenters. The second kappa shape index (κ2) is 9.33. The molecule has 0 aromatic heterocycles. The summed E-state index contributed by atoms with van der Waals surface area (Å²) in [5.74, 6) is 1.23. The molecule has 134 valence electrons. The summed E-state index contributed by atoms with van der Waals surface area (Å²) in [7, 11) is 0. The molecule has 0 aliphatic heterocycles. The average Bonchev–Trinajstić information content (AvgIpc) is 2.59. The van der Waals surface area contributed by atoms with E-state index in [4.69, 9.17) is 21.1 Å². The molecule has 25 heavy (non-hydrogen) atoms. The summed E-state index contributed by atoms with van der Waals surface area (Å²) < 4.78 is 11.4. The van der Waals surface area contributed by atoms with Gasteiger partial charge in [-0.25, -0.2) is 0 Å². The van der Waals surface area contributed by atoms with Crippen LogP contribution in [0.5, 0.6) is 11.5 Å². The Labute approximate surface area is 154 Å². The van der Waals surface area contributed by atoms with Crippen molar-refractivity contribution in [1.82, 2.24) is 5.32 Å². The minimum Gasteiger partial charge on any atom is -0.492 e.